The van der Waals surface area contributed by atoms with Crippen LogP contribution in [0.5, 0.6) is 5.75 Å². The molecule has 0 spiro atoms. The highest BCUT2D eigenvalue weighted by atomic mass is 35.5. The first-order valence-corrected chi connectivity index (χ1v) is 8.65. The zero-order valence-corrected chi connectivity index (χ0v) is 15.4. The van der Waals surface area contributed by atoms with Gasteiger partial charge in [-0.1, -0.05) is 11.6 Å². The molecule has 0 atom stereocenters. The van der Waals surface area contributed by atoms with Crippen LogP contribution >= 0.6 is 23.8 Å². The second-order valence-electron chi connectivity index (χ2n) is 5.25. The highest BCUT2D eigenvalue weighted by Crippen LogP contribution is 2.26. The van der Waals surface area contributed by atoms with Gasteiger partial charge in [0.15, 0.2) is 5.11 Å². The summed E-state index contributed by atoms with van der Waals surface area (Å²) in [7, 11) is 0. The summed E-state index contributed by atoms with van der Waals surface area (Å²) in [6.45, 7) is 5.10. The third-order valence-electron chi connectivity index (χ3n) is 3.70. The summed E-state index contributed by atoms with van der Waals surface area (Å²) in [5.74, 6) is 0.500. The van der Waals surface area contributed by atoms with E-state index in [0.717, 1.165) is 5.75 Å². The van der Waals surface area contributed by atoms with Gasteiger partial charge in [-0.15, -0.1) is 0 Å². The van der Waals surface area contributed by atoms with Gasteiger partial charge < -0.3 is 10.1 Å². The number of amides is 1. The molecule has 1 fully saturated rings. The van der Waals surface area contributed by atoms with Gasteiger partial charge in [-0.3, -0.25) is 14.4 Å². The maximum absolute atomic E-state index is 12.8. The number of nitrogens with zero attached hydrogens (tertiary/aromatic N) is 3. The van der Waals surface area contributed by atoms with E-state index < -0.39 is 0 Å². The van der Waals surface area contributed by atoms with Gasteiger partial charge in [-0.25, -0.2) is 0 Å². The van der Waals surface area contributed by atoms with Crippen LogP contribution in [-0.4, -0.2) is 27.4 Å². The van der Waals surface area contributed by atoms with Crippen molar-refractivity contribution in [2.75, 3.05) is 11.5 Å². The van der Waals surface area contributed by atoms with Gasteiger partial charge in [0.05, 0.1) is 29.2 Å². The minimum absolute atomic E-state index is 0.242. The van der Waals surface area contributed by atoms with Crippen LogP contribution in [0.4, 0.5) is 5.69 Å². The number of aromatic nitrogens is 2. The first-order chi connectivity index (χ1) is 12.0. The molecule has 0 aliphatic carbocycles. The van der Waals surface area contributed by atoms with Crippen molar-refractivity contribution in [3.8, 4) is 5.75 Å². The summed E-state index contributed by atoms with van der Waals surface area (Å²) in [5, 5.41) is 7.91. The van der Waals surface area contributed by atoms with Crippen molar-refractivity contribution in [3.05, 3.63) is 46.9 Å². The van der Waals surface area contributed by atoms with Crippen LogP contribution in [0.1, 0.15) is 19.5 Å². The van der Waals surface area contributed by atoms with Gasteiger partial charge in [0.2, 0.25) is 0 Å². The lowest BCUT2D eigenvalue weighted by atomic mass is 10.2. The smallest absolute Gasteiger partial charge is 0.281 e. The van der Waals surface area contributed by atoms with Crippen LogP contribution in [0.3, 0.4) is 0 Å². The second-order valence-corrected chi connectivity index (χ2v) is 6.04. The van der Waals surface area contributed by atoms with Crippen LogP contribution in [0.25, 0.3) is 6.08 Å². The topological polar surface area (TPSA) is 59.4 Å². The van der Waals surface area contributed by atoms with Gasteiger partial charge in [0, 0.05) is 6.54 Å². The average Bonchev–Trinajstić information content (AvgIpc) is 3.09. The standard InChI is InChI=1S/C17H17ClN4O2S/c1-3-21-15(13(18)10-19-21)9-14-16(23)22(17(25)20-14)11-5-7-12(8-6-11)24-4-2/h5-10H,3-4H2,1-2H3,(H,20,25)/b14-9+. The zero-order chi connectivity index (χ0) is 18.0. The maximum atomic E-state index is 12.8. The summed E-state index contributed by atoms with van der Waals surface area (Å²) >= 11 is 11.5. The Kier molecular flexibility index (Phi) is 5.06. The van der Waals surface area contributed by atoms with Gasteiger partial charge in [0.25, 0.3) is 5.91 Å². The molecule has 8 heteroatoms. The zero-order valence-electron chi connectivity index (χ0n) is 13.8. The lowest BCUT2D eigenvalue weighted by Crippen LogP contribution is -2.30. The Bertz CT molecular complexity index is 845. The number of hydrogen-bond acceptors (Lipinski definition) is 4. The second kappa shape index (κ2) is 7.25. The van der Waals surface area contributed by atoms with Crippen LogP contribution in [0.2, 0.25) is 5.02 Å². The molecule has 130 valence electrons. The number of hydrogen-bond donors (Lipinski definition) is 1. The molecule has 25 heavy (non-hydrogen) atoms. The molecule has 0 saturated carbocycles. The van der Waals surface area contributed by atoms with E-state index in [2.05, 4.69) is 10.4 Å². The Morgan fingerprint density at radius 3 is 2.68 bits per heavy atom. The molecule has 0 bridgehead atoms. The van der Waals surface area contributed by atoms with E-state index >= 15 is 0 Å². The van der Waals surface area contributed by atoms with Crippen LogP contribution in [-0.2, 0) is 11.3 Å². The number of carbonyl (C=O) groups excluding carboxylic acids is 1. The summed E-state index contributed by atoms with van der Waals surface area (Å²) in [4.78, 5) is 14.2. The van der Waals surface area contributed by atoms with Gasteiger partial charge in [-0.2, -0.15) is 5.10 Å². The summed E-state index contributed by atoms with van der Waals surface area (Å²) in [6, 6.07) is 7.20. The fraction of sp³-hybridized carbons (Fsp3) is 0.235. The van der Waals surface area contributed by atoms with Crippen molar-refractivity contribution in [1.82, 2.24) is 15.1 Å². The first kappa shape index (κ1) is 17.4. The molecule has 1 amide bonds. The van der Waals surface area contributed by atoms with Crippen molar-refractivity contribution in [3.63, 3.8) is 0 Å². The molecular weight excluding hydrogens is 360 g/mol. The van der Waals surface area contributed by atoms with Crippen molar-refractivity contribution in [1.29, 1.82) is 0 Å². The predicted octanol–water partition coefficient (Wildman–Crippen LogP) is 3.22. The monoisotopic (exact) mass is 376 g/mol. The highest BCUT2D eigenvalue weighted by molar-refractivity contribution is 7.80. The average molecular weight is 377 g/mol. The minimum Gasteiger partial charge on any atom is -0.494 e. The molecule has 6 nitrogen and oxygen atoms in total. The molecule has 1 aliphatic heterocycles. The lowest BCUT2D eigenvalue weighted by Gasteiger charge is -2.14. The molecular formula is C17H17ClN4O2S. The molecule has 1 aromatic carbocycles. The third-order valence-corrected chi connectivity index (χ3v) is 4.27. The molecule has 1 N–H and O–H groups in total. The molecule has 1 aromatic heterocycles. The maximum Gasteiger partial charge on any atom is 0.281 e. The molecule has 0 radical (unpaired) electrons. The Balaban J connectivity index is 1.89. The largest absolute Gasteiger partial charge is 0.494 e. The number of benzene rings is 1. The number of nitrogens with one attached hydrogen (secondary N) is 1. The van der Waals surface area contributed by atoms with Gasteiger partial charge in [0.1, 0.15) is 11.4 Å². The molecule has 2 heterocycles. The number of rotatable bonds is 5. The van der Waals surface area contributed by atoms with E-state index in [1.54, 1.807) is 41.2 Å². The summed E-state index contributed by atoms with van der Waals surface area (Å²) in [6.07, 6.45) is 3.22. The van der Waals surface area contributed by atoms with Crippen molar-refractivity contribution in [2.24, 2.45) is 0 Å². The molecule has 2 aromatic rings. The minimum atomic E-state index is -0.242. The van der Waals surface area contributed by atoms with E-state index in [1.165, 1.54) is 4.90 Å². The van der Waals surface area contributed by atoms with Gasteiger partial charge in [-0.05, 0) is 56.4 Å². The van der Waals surface area contributed by atoms with Crippen molar-refractivity contribution >= 4 is 46.6 Å². The Hall–Kier alpha value is -2.38. The van der Waals surface area contributed by atoms with E-state index in [1.807, 2.05) is 13.8 Å². The highest BCUT2D eigenvalue weighted by Gasteiger charge is 2.32. The number of anilines is 1. The Morgan fingerprint density at radius 2 is 2.04 bits per heavy atom. The summed E-state index contributed by atoms with van der Waals surface area (Å²) < 4.78 is 7.13. The SMILES string of the molecule is CCOc1ccc(N2C(=O)/C(=C\c3c(Cl)cnn3CC)NC2=S)cc1. The van der Waals surface area contributed by atoms with Crippen molar-refractivity contribution in [2.45, 2.75) is 20.4 Å². The molecule has 0 unspecified atom stereocenters. The molecule has 1 saturated heterocycles. The normalized spacial score (nSPS) is 15.8. The Labute approximate surface area is 156 Å². The van der Waals surface area contributed by atoms with E-state index in [4.69, 9.17) is 28.6 Å². The lowest BCUT2D eigenvalue weighted by molar-refractivity contribution is -0.113. The molecule has 3 rings (SSSR count). The van der Waals surface area contributed by atoms with Crippen molar-refractivity contribution < 1.29 is 9.53 Å². The predicted molar refractivity (Wildman–Crippen MR) is 102 cm³/mol. The first-order valence-electron chi connectivity index (χ1n) is 7.86. The van der Waals surface area contributed by atoms with Gasteiger partial charge >= 0.3 is 0 Å². The van der Waals surface area contributed by atoms with Crippen LogP contribution < -0.4 is 15.0 Å². The van der Waals surface area contributed by atoms with Crippen LogP contribution in [0, 0.1) is 0 Å². The number of aryl methyl sites for hydroxylation is 1. The number of halogens is 1. The fourth-order valence-corrected chi connectivity index (χ4v) is 3.03. The van der Waals surface area contributed by atoms with E-state index in [0.29, 0.717) is 40.4 Å². The Morgan fingerprint density at radius 1 is 1.32 bits per heavy atom. The van der Waals surface area contributed by atoms with E-state index in [9.17, 15) is 4.79 Å². The fourth-order valence-electron chi connectivity index (χ4n) is 2.53. The van der Waals surface area contributed by atoms with Crippen LogP contribution in [0.15, 0.2) is 36.2 Å². The number of ether oxygens (including phenoxy) is 1. The number of thiocarbonyl (C=S) groups is 1. The quantitative estimate of drug-likeness (QED) is 0.641. The third kappa shape index (κ3) is 3.38. The number of carbonyl (C=O) groups is 1. The summed E-state index contributed by atoms with van der Waals surface area (Å²) in [5.41, 5.74) is 1.69. The van der Waals surface area contributed by atoms with E-state index in [-0.39, 0.29) is 5.91 Å². The molecule has 1 aliphatic rings.